The SMILES string of the molecule is CCC(c1nnnn1C(C)(C)CC)N(Cc1ccc(OC)cc1)Cc1cc2cc(OC)ccc2[nH]c1=O. The summed E-state index contributed by atoms with van der Waals surface area (Å²) in [6.45, 7) is 9.55. The number of nitrogens with one attached hydrogen (secondary N) is 1. The van der Waals surface area contributed by atoms with Crippen molar-refractivity contribution in [2.75, 3.05) is 14.2 Å². The highest BCUT2D eigenvalue weighted by Gasteiger charge is 2.31. The van der Waals surface area contributed by atoms with Crippen LogP contribution in [-0.2, 0) is 18.6 Å². The van der Waals surface area contributed by atoms with Crippen LogP contribution >= 0.6 is 0 Å². The van der Waals surface area contributed by atoms with Crippen LogP contribution in [0.15, 0.2) is 53.3 Å². The first-order chi connectivity index (χ1) is 17.8. The lowest BCUT2D eigenvalue weighted by atomic mass is 10.0. The summed E-state index contributed by atoms with van der Waals surface area (Å²) in [4.78, 5) is 18.5. The Morgan fingerprint density at radius 1 is 1.00 bits per heavy atom. The predicted octanol–water partition coefficient (Wildman–Crippen LogP) is 4.83. The number of rotatable bonds is 11. The maximum absolute atomic E-state index is 13.2. The molecule has 4 rings (SSSR count). The van der Waals surface area contributed by atoms with Gasteiger partial charge in [-0.15, -0.1) is 5.10 Å². The van der Waals surface area contributed by atoms with E-state index in [1.165, 1.54) is 0 Å². The number of pyridine rings is 1. The normalized spacial score (nSPS) is 12.7. The molecule has 0 fully saturated rings. The van der Waals surface area contributed by atoms with E-state index in [0.717, 1.165) is 46.6 Å². The van der Waals surface area contributed by atoms with Crippen molar-refractivity contribution in [3.8, 4) is 11.5 Å². The highest BCUT2D eigenvalue weighted by atomic mass is 16.5. The molecule has 196 valence electrons. The number of tetrazole rings is 1. The Labute approximate surface area is 217 Å². The second-order valence-corrected chi connectivity index (χ2v) is 9.87. The third-order valence-electron chi connectivity index (χ3n) is 7.10. The number of hydrogen-bond acceptors (Lipinski definition) is 7. The molecule has 1 unspecified atom stereocenters. The quantitative estimate of drug-likeness (QED) is 0.312. The molecule has 2 heterocycles. The summed E-state index contributed by atoms with van der Waals surface area (Å²) in [5.41, 5.74) is 2.20. The lowest BCUT2D eigenvalue weighted by molar-refractivity contribution is 0.150. The number of fused-ring (bicyclic) bond motifs is 1. The molecule has 0 saturated heterocycles. The van der Waals surface area contributed by atoms with Gasteiger partial charge in [-0.25, -0.2) is 4.68 Å². The molecule has 1 atom stereocenters. The van der Waals surface area contributed by atoms with Crippen molar-refractivity contribution in [2.24, 2.45) is 0 Å². The summed E-state index contributed by atoms with van der Waals surface area (Å²) in [6.07, 6.45) is 1.65. The van der Waals surface area contributed by atoms with Gasteiger partial charge in [0.1, 0.15) is 11.5 Å². The monoisotopic (exact) mass is 504 g/mol. The highest BCUT2D eigenvalue weighted by molar-refractivity contribution is 5.80. The first-order valence-electron chi connectivity index (χ1n) is 12.6. The number of ether oxygens (including phenoxy) is 2. The second-order valence-electron chi connectivity index (χ2n) is 9.87. The van der Waals surface area contributed by atoms with Crippen molar-refractivity contribution in [2.45, 2.75) is 65.2 Å². The van der Waals surface area contributed by atoms with E-state index in [0.29, 0.717) is 18.7 Å². The maximum Gasteiger partial charge on any atom is 0.252 e. The standard InChI is InChI=1S/C28H36N6O3/c1-7-25(26-30-31-32-34(26)28(3,4)8-2)33(17-19-9-11-22(36-5)12-10-19)18-21-15-20-16-23(37-6)13-14-24(20)29-27(21)35/h9-16,25H,7-8,17-18H2,1-6H3,(H,29,35). The van der Waals surface area contributed by atoms with Gasteiger partial charge in [0.15, 0.2) is 5.82 Å². The van der Waals surface area contributed by atoms with Crippen molar-refractivity contribution < 1.29 is 9.47 Å². The van der Waals surface area contributed by atoms with Crippen LogP contribution in [0.3, 0.4) is 0 Å². The van der Waals surface area contributed by atoms with E-state index in [4.69, 9.17) is 9.47 Å². The van der Waals surface area contributed by atoms with Gasteiger partial charge < -0.3 is 14.5 Å². The molecule has 0 bridgehead atoms. The van der Waals surface area contributed by atoms with Crippen LogP contribution in [0.25, 0.3) is 10.9 Å². The summed E-state index contributed by atoms with van der Waals surface area (Å²) in [6, 6.07) is 15.5. The molecular formula is C28H36N6O3. The van der Waals surface area contributed by atoms with Gasteiger partial charge in [0, 0.05) is 29.6 Å². The molecule has 0 aliphatic heterocycles. The zero-order valence-corrected chi connectivity index (χ0v) is 22.5. The smallest absolute Gasteiger partial charge is 0.252 e. The number of nitrogens with zero attached hydrogens (tertiary/aromatic N) is 5. The van der Waals surface area contributed by atoms with Gasteiger partial charge in [-0.1, -0.05) is 26.0 Å². The van der Waals surface area contributed by atoms with E-state index < -0.39 is 0 Å². The first-order valence-corrected chi connectivity index (χ1v) is 12.6. The molecule has 2 aromatic carbocycles. The molecule has 0 spiro atoms. The predicted molar refractivity (Wildman–Crippen MR) is 144 cm³/mol. The Bertz CT molecular complexity index is 1390. The van der Waals surface area contributed by atoms with E-state index in [-0.39, 0.29) is 17.1 Å². The second kappa shape index (κ2) is 11.1. The minimum atomic E-state index is -0.241. The molecule has 37 heavy (non-hydrogen) atoms. The van der Waals surface area contributed by atoms with Crippen LogP contribution in [0, 0.1) is 0 Å². The van der Waals surface area contributed by atoms with Crippen molar-refractivity contribution in [1.82, 2.24) is 30.1 Å². The molecule has 0 amide bonds. The zero-order chi connectivity index (χ0) is 26.6. The Kier molecular flexibility index (Phi) is 7.92. The Balaban J connectivity index is 1.77. The van der Waals surface area contributed by atoms with Crippen LogP contribution in [0.2, 0.25) is 0 Å². The van der Waals surface area contributed by atoms with Gasteiger partial charge in [0.05, 0.1) is 25.8 Å². The maximum atomic E-state index is 13.2. The molecule has 9 nitrogen and oxygen atoms in total. The minimum Gasteiger partial charge on any atom is -0.497 e. The average molecular weight is 505 g/mol. The molecule has 2 aromatic heterocycles. The van der Waals surface area contributed by atoms with E-state index in [1.54, 1.807) is 14.2 Å². The van der Waals surface area contributed by atoms with Crippen molar-refractivity contribution >= 4 is 10.9 Å². The van der Waals surface area contributed by atoms with Gasteiger partial charge >= 0.3 is 0 Å². The van der Waals surface area contributed by atoms with Crippen LogP contribution in [0.4, 0.5) is 0 Å². The molecule has 9 heteroatoms. The summed E-state index contributed by atoms with van der Waals surface area (Å²) in [7, 11) is 3.29. The van der Waals surface area contributed by atoms with Gasteiger partial charge in [-0.3, -0.25) is 9.69 Å². The minimum absolute atomic E-state index is 0.108. The number of aromatic amines is 1. The summed E-state index contributed by atoms with van der Waals surface area (Å²) in [5, 5.41) is 13.8. The summed E-state index contributed by atoms with van der Waals surface area (Å²) in [5.74, 6) is 2.34. The van der Waals surface area contributed by atoms with Crippen LogP contribution in [0.1, 0.15) is 63.5 Å². The Morgan fingerprint density at radius 3 is 2.35 bits per heavy atom. The third kappa shape index (κ3) is 5.67. The Hall–Kier alpha value is -3.72. The fourth-order valence-corrected chi connectivity index (χ4v) is 4.52. The van der Waals surface area contributed by atoms with Crippen molar-refractivity contribution in [3.63, 3.8) is 0 Å². The van der Waals surface area contributed by atoms with Crippen LogP contribution in [-0.4, -0.2) is 44.3 Å². The lowest BCUT2D eigenvalue weighted by Gasteiger charge is -2.33. The summed E-state index contributed by atoms with van der Waals surface area (Å²) >= 11 is 0. The van der Waals surface area contributed by atoms with Crippen molar-refractivity contribution in [1.29, 1.82) is 0 Å². The summed E-state index contributed by atoms with van der Waals surface area (Å²) < 4.78 is 12.7. The number of benzene rings is 2. The Morgan fingerprint density at radius 2 is 1.70 bits per heavy atom. The van der Waals surface area contributed by atoms with E-state index in [9.17, 15) is 4.79 Å². The molecule has 1 N–H and O–H groups in total. The van der Waals surface area contributed by atoms with Gasteiger partial charge in [0.25, 0.3) is 5.56 Å². The van der Waals surface area contributed by atoms with Crippen LogP contribution in [0.5, 0.6) is 11.5 Å². The van der Waals surface area contributed by atoms with Gasteiger partial charge in [-0.05, 0) is 79.1 Å². The fourth-order valence-electron chi connectivity index (χ4n) is 4.52. The highest BCUT2D eigenvalue weighted by Crippen LogP contribution is 2.30. The number of methoxy groups -OCH3 is 2. The van der Waals surface area contributed by atoms with E-state index in [2.05, 4.69) is 53.1 Å². The van der Waals surface area contributed by atoms with E-state index in [1.807, 2.05) is 53.2 Å². The number of aromatic nitrogens is 5. The number of H-pyrrole nitrogens is 1. The van der Waals surface area contributed by atoms with Gasteiger partial charge in [-0.2, -0.15) is 0 Å². The zero-order valence-electron chi connectivity index (χ0n) is 22.5. The largest absolute Gasteiger partial charge is 0.497 e. The van der Waals surface area contributed by atoms with Crippen molar-refractivity contribution in [3.05, 3.63) is 75.8 Å². The molecule has 0 radical (unpaired) electrons. The topological polar surface area (TPSA) is 98.2 Å². The first kappa shape index (κ1) is 26.3. The molecule has 0 saturated carbocycles. The molecule has 0 aliphatic rings. The fraction of sp³-hybridized carbons (Fsp3) is 0.429. The number of hydrogen-bond donors (Lipinski definition) is 1. The molecular weight excluding hydrogens is 468 g/mol. The van der Waals surface area contributed by atoms with Gasteiger partial charge in [0.2, 0.25) is 0 Å². The van der Waals surface area contributed by atoms with E-state index >= 15 is 0 Å². The lowest BCUT2D eigenvalue weighted by Crippen LogP contribution is -2.36. The van der Waals surface area contributed by atoms with Crippen LogP contribution < -0.4 is 15.0 Å². The third-order valence-corrected chi connectivity index (χ3v) is 7.10. The molecule has 4 aromatic rings. The molecule has 0 aliphatic carbocycles. The average Bonchev–Trinajstić information content (AvgIpc) is 3.40.